The van der Waals surface area contributed by atoms with Gasteiger partial charge in [0.15, 0.2) is 0 Å². The summed E-state index contributed by atoms with van der Waals surface area (Å²) >= 11 is 0. The van der Waals surface area contributed by atoms with E-state index < -0.39 is 5.60 Å². The van der Waals surface area contributed by atoms with Gasteiger partial charge in [-0.15, -0.1) is 0 Å². The van der Waals surface area contributed by atoms with Crippen LogP contribution in [0.4, 0.5) is 0 Å². The summed E-state index contributed by atoms with van der Waals surface area (Å²) in [6, 6.07) is 0. The Kier molecular flexibility index (Phi) is 4.04. The van der Waals surface area contributed by atoms with Crippen molar-refractivity contribution in [3.63, 3.8) is 0 Å². The third kappa shape index (κ3) is 3.73. The molecule has 3 N–H and O–H groups in total. The zero-order chi connectivity index (χ0) is 9.07. The highest BCUT2D eigenvalue weighted by atomic mass is 16.3. The van der Waals surface area contributed by atoms with E-state index in [0.29, 0.717) is 12.5 Å². The summed E-state index contributed by atoms with van der Waals surface area (Å²) in [5, 5.41) is 9.87. The van der Waals surface area contributed by atoms with Crippen molar-refractivity contribution in [2.75, 3.05) is 6.54 Å². The Morgan fingerprint density at radius 3 is 2.09 bits per heavy atom. The average Bonchev–Trinajstić information content (AvgIpc) is 1.83. The van der Waals surface area contributed by atoms with Crippen LogP contribution >= 0.6 is 0 Å². The molecule has 2 unspecified atom stereocenters. The molecule has 0 aromatic heterocycles. The second-order valence-corrected chi connectivity index (χ2v) is 4.09. The van der Waals surface area contributed by atoms with Crippen molar-refractivity contribution in [1.29, 1.82) is 0 Å². The Morgan fingerprint density at radius 1 is 1.36 bits per heavy atom. The van der Waals surface area contributed by atoms with Gasteiger partial charge in [-0.1, -0.05) is 20.8 Å². The molecule has 0 aromatic carbocycles. The Balaban J connectivity index is 3.98. The first kappa shape index (κ1) is 10.9. The summed E-state index contributed by atoms with van der Waals surface area (Å²) < 4.78 is 0. The third-order valence-electron chi connectivity index (χ3n) is 2.24. The Hall–Kier alpha value is -0.0800. The molecule has 0 aliphatic heterocycles. The topological polar surface area (TPSA) is 46.2 Å². The predicted molar refractivity (Wildman–Crippen MR) is 48.3 cm³/mol. The van der Waals surface area contributed by atoms with Crippen LogP contribution in [-0.4, -0.2) is 17.3 Å². The summed E-state index contributed by atoms with van der Waals surface area (Å²) in [5.74, 6) is 0.712. The molecule has 0 radical (unpaired) electrons. The summed E-state index contributed by atoms with van der Waals surface area (Å²) in [4.78, 5) is 0. The van der Waals surface area contributed by atoms with Gasteiger partial charge in [0.05, 0.1) is 5.60 Å². The standard InChI is InChI=1S/C9H21NO/c1-7(2)5-9(4,11)8(3)6-10/h7-8,11H,5-6,10H2,1-4H3. The van der Waals surface area contributed by atoms with Gasteiger partial charge in [-0.25, -0.2) is 0 Å². The molecule has 0 fully saturated rings. The van der Waals surface area contributed by atoms with Gasteiger partial charge in [0, 0.05) is 0 Å². The zero-order valence-corrected chi connectivity index (χ0v) is 8.09. The van der Waals surface area contributed by atoms with E-state index >= 15 is 0 Å². The van der Waals surface area contributed by atoms with E-state index in [4.69, 9.17) is 5.73 Å². The normalized spacial score (nSPS) is 19.9. The highest BCUT2D eigenvalue weighted by Gasteiger charge is 2.27. The molecule has 0 amide bonds. The molecule has 2 atom stereocenters. The lowest BCUT2D eigenvalue weighted by Gasteiger charge is -2.31. The van der Waals surface area contributed by atoms with Gasteiger partial charge in [-0.2, -0.15) is 0 Å². The lowest BCUT2D eigenvalue weighted by atomic mass is 9.84. The van der Waals surface area contributed by atoms with E-state index in [0.717, 1.165) is 6.42 Å². The monoisotopic (exact) mass is 159 g/mol. The Bertz CT molecular complexity index is 110. The SMILES string of the molecule is CC(C)CC(C)(O)C(C)CN. The van der Waals surface area contributed by atoms with E-state index in [9.17, 15) is 5.11 Å². The van der Waals surface area contributed by atoms with E-state index in [1.54, 1.807) is 0 Å². The first-order valence-corrected chi connectivity index (χ1v) is 4.32. The van der Waals surface area contributed by atoms with E-state index in [-0.39, 0.29) is 5.92 Å². The fourth-order valence-electron chi connectivity index (χ4n) is 1.28. The van der Waals surface area contributed by atoms with Crippen LogP contribution in [0.3, 0.4) is 0 Å². The minimum Gasteiger partial charge on any atom is -0.390 e. The van der Waals surface area contributed by atoms with Crippen LogP contribution in [0.1, 0.15) is 34.1 Å². The number of nitrogens with two attached hydrogens (primary N) is 1. The molecule has 0 saturated heterocycles. The maximum atomic E-state index is 9.87. The molecule has 0 bridgehead atoms. The summed E-state index contributed by atoms with van der Waals surface area (Å²) in [7, 11) is 0. The number of rotatable bonds is 4. The summed E-state index contributed by atoms with van der Waals surface area (Å²) in [6.07, 6.45) is 0.825. The van der Waals surface area contributed by atoms with Crippen LogP contribution in [0.25, 0.3) is 0 Å². The molecule has 0 spiro atoms. The Labute approximate surface area is 69.8 Å². The van der Waals surface area contributed by atoms with Crippen LogP contribution in [0, 0.1) is 11.8 Å². The van der Waals surface area contributed by atoms with Crippen molar-refractivity contribution in [3.05, 3.63) is 0 Å². The van der Waals surface area contributed by atoms with Gasteiger partial charge in [0.2, 0.25) is 0 Å². The van der Waals surface area contributed by atoms with Crippen molar-refractivity contribution in [3.8, 4) is 0 Å². The molecule has 2 heteroatoms. The zero-order valence-electron chi connectivity index (χ0n) is 8.09. The molecule has 0 aliphatic carbocycles. The van der Waals surface area contributed by atoms with Gasteiger partial charge in [0.1, 0.15) is 0 Å². The fraction of sp³-hybridized carbons (Fsp3) is 1.00. The van der Waals surface area contributed by atoms with Crippen molar-refractivity contribution >= 4 is 0 Å². The molecular formula is C9H21NO. The third-order valence-corrected chi connectivity index (χ3v) is 2.24. The number of hydrogen-bond donors (Lipinski definition) is 2. The first-order valence-electron chi connectivity index (χ1n) is 4.32. The van der Waals surface area contributed by atoms with Gasteiger partial charge in [0.25, 0.3) is 0 Å². The molecule has 0 saturated carbocycles. The molecule has 0 aromatic rings. The molecule has 0 heterocycles. The first-order chi connectivity index (χ1) is 4.90. The minimum absolute atomic E-state index is 0.185. The fourth-order valence-corrected chi connectivity index (χ4v) is 1.28. The largest absolute Gasteiger partial charge is 0.390 e. The van der Waals surface area contributed by atoms with Gasteiger partial charge in [-0.05, 0) is 31.7 Å². The van der Waals surface area contributed by atoms with Crippen LogP contribution in [0.5, 0.6) is 0 Å². The van der Waals surface area contributed by atoms with Crippen LogP contribution in [0.2, 0.25) is 0 Å². The van der Waals surface area contributed by atoms with Crippen molar-refractivity contribution < 1.29 is 5.11 Å². The number of hydrogen-bond acceptors (Lipinski definition) is 2. The number of aliphatic hydroxyl groups is 1. The summed E-state index contributed by atoms with van der Waals surface area (Å²) in [5.41, 5.74) is 4.88. The van der Waals surface area contributed by atoms with Gasteiger partial charge >= 0.3 is 0 Å². The van der Waals surface area contributed by atoms with Crippen LogP contribution in [0.15, 0.2) is 0 Å². The molecule has 68 valence electrons. The van der Waals surface area contributed by atoms with Crippen molar-refractivity contribution in [2.45, 2.75) is 39.7 Å². The molecule has 11 heavy (non-hydrogen) atoms. The minimum atomic E-state index is -0.594. The van der Waals surface area contributed by atoms with E-state index in [1.165, 1.54) is 0 Å². The lowest BCUT2D eigenvalue weighted by Crippen LogP contribution is -2.38. The van der Waals surface area contributed by atoms with Crippen molar-refractivity contribution in [2.24, 2.45) is 17.6 Å². The Morgan fingerprint density at radius 2 is 1.82 bits per heavy atom. The maximum Gasteiger partial charge on any atom is 0.0659 e. The molecule has 0 aliphatic rings. The lowest BCUT2D eigenvalue weighted by molar-refractivity contribution is -0.00874. The van der Waals surface area contributed by atoms with Crippen LogP contribution < -0.4 is 5.73 Å². The second kappa shape index (κ2) is 4.07. The highest BCUT2D eigenvalue weighted by Crippen LogP contribution is 2.23. The van der Waals surface area contributed by atoms with Gasteiger partial charge in [-0.3, -0.25) is 0 Å². The molecule has 2 nitrogen and oxygen atoms in total. The average molecular weight is 159 g/mol. The predicted octanol–water partition coefficient (Wildman–Crippen LogP) is 1.38. The van der Waals surface area contributed by atoms with Gasteiger partial charge < -0.3 is 10.8 Å². The molecular weight excluding hydrogens is 138 g/mol. The van der Waals surface area contributed by atoms with Crippen LogP contribution in [-0.2, 0) is 0 Å². The highest BCUT2D eigenvalue weighted by molar-refractivity contribution is 4.80. The van der Waals surface area contributed by atoms with E-state index in [1.807, 2.05) is 13.8 Å². The van der Waals surface area contributed by atoms with Crippen molar-refractivity contribution in [1.82, 2.24) is 0 Å². The summed E-state index contributed by atoms with van der Waals surface area (Å²) in [6.45, 7) is 8.63. The quantitative estimate of drug-likeness (QED) is 0.651. The maximum absolute atomic E-state index is 9.87. The second-order valence-electron chi connectivity index (χ2n) is 4.09. The smallest absolute Gasteiger partial charge is 0.0659 e. The van der Waals surface area contributed by atoms with E-state index in [2.05, 4.69) is 13.8 Å². The molecule has 0 rings (SSSR count).